The van der Waals surface area contributed by atoms with Gasteiger partial charge in [0.15, 0.2) is 6.10 Å². The molecular weight excluding hydrogens is 948 g/mol. The van der Waals surface area contributed by atoms with Gasteiger partial charge in [-0.15, -0.1) is 0 Å². The molecule has 2 fully saturated rings. The molecule has 2 saturated heterocycles. The summed E-state index contributed by atoms with van der Waals surface area (Å²) in [5.74, 6) is -4.51. The standard InChI is InChI=1S/C45H77N3O19P2/c1-4-6-11-17-31(49)21-22-34-36(51)26-37(52)35-25-32(50)18-14-15-19-40(53)62-27-33(65-41(54)20-13-10-8-7-9-12-16-30(3)5-2)28-63-68(58,59)67-69(60,61)64-29-38(43(56)42(34)55)66-44(35)48-24-23-39(46)47-45(48)57/h21-24,30-31,33-38,42-44,49,51-52,55-56H,4-20,25-29H2,1-3H3,(H,58,59)(H,60,61)(H2,46,47,57)/b22-21+/t30?,31-,33+,34-,35-,36+,37-,38+,42-,43+,44+/m0/s1. The number of ether oxygens (including phenoxy) is 3. The number of esters is 2. The molecule has 3 rings (SSSR count). The Balaban J connectivity index is 1.94. The van der Waals surface area contributed by atoms with Crippen molar-refractivity contribution >= 4 is 39.2 Å². The number of phosphoric ester groups is 2. The van der Waals surface area contributed by atoms with E-state index < -0.39 is 133 Å². The minimum atomic E-state index is -5.75. The molecule has 2 aliphatic heterocycles. The fraction of sp³-hybridized carbons (Fsp3) is 0.800. The summed E-state index contributed by atoms with van der Waals surface area (Å²) < 4.78 is 58.6. The molecule has 1 aromatic rings. The summed E-state index contributed by atoms with van der Waals surface area (Å²) >= 11 is 0. The van der Waals surface area contributed by atoms with Crippen LogP contribution in [0, 0.1) is 17.8 Å². The molecule has 22 nitrogen and oxygen atoms in total. The summed E-state index contributed by atoms with van der Waals surface area (Å²) in [6, 6.07) is 1.18. The first-order valence-corrected chi connectivity index (χ1v) is 27.3. The Bertz CT molecular complexity index is 1910. The molecule has 0 spiro atoms. The molecule has 396 valence electrons. The quantitative estimate of drug-likeness (QED) is 0.0428. The second-order valence-electron chi connectivity index (χ2n) is 18.2. The number of rotatable bonds is 18. The Kier molecular flexibility index (Phi) is 27.0. The topological polar surface area (TPSA) is 343 Å². The van der Waals surface area contributed by atoms with Crippen molar-refractivity contribution in [2.75, 3.05) is 25.6 Å². The fourth-order valence-electron chi connectivity index (χ4n) is 8.04. The van der Waals surface area contributed by atoms with E-state index in [1.165, 1.54) is 18.2 Å². The van der Waals surface area contributed by atoms with Gasteiger partial charge in [0.2, 0.25) is 0 Å². The third kappa shape index (κ3) is 22.6. The number of aromatic nitrogens is 2. The first kappa shape index (κ1) is 60.4. The molecule has 13 atom stereocenters. The number of carbonyl (C=O) groups excluding carboxylic acids is 3. The molecule has 2 bridgehead atoms. The Labute approximate surface area is 404 Å². The molecule has 0 aliphatic carbocycles. The zero-order valence-corrected chi connectivity index (χ0v) is 41.9. The van der Waals surface area contributed by atoms with Crippen molar-refractivity contribution < 1.29 is 86.4 Å². The van der Waals surface area contributed by atoms with Crippen LogP contribution in [-0.2, 0) is 51.1 Å². The van der Waals surface area contributed by atoms with Crippen LogP contribution in [0.1, 0.15) is 149 Å². The van der Waals surface area contributed by atoms with Crippen molar-refractivity contribution in [1.29, 1.82) is 0 Å². The highest BCUT2D eigenvalue weighted by atomic mass is 31.3. The molecule has 1 aromatic heterocycles. The molecule has 24 heteroatoms. The highest BCUT2D eigenvalue weighted by Crippen LogP contribution is 2.60. The van der Waals surface area contributed by atoms with Gasteiger partial charge in [0.05, 0.1) is 37.6 Å². The summed E-state index contributed by atoms with van der Waals surface area (Å²) in [7, 11) is -11.4. The number of nitrogens with two attached hydrogens (primary N) is 1. The lowest BCUT2D eigenvalue weighted by Gasteiger charge is -2.40. The third-order valence-electron chi connectivity index (χ3n) is 12.3. The second-order valence-corrected chi connectivity index (χ2v) is 21.2. The Morgan fingerprint density at radius 2 is 1.55 bits per heavy atom. The van der Waals surface area contributed by atoms with Gasteiger partial charge in [-0.1, -0.05) is 97.1 Å². The number of aliphatic hydroxyl groups is 5. The predicted molar refractivity (Wildman–Crippen MR) is 250 cm³/mol. The molecule has 9 N–H and O–H groups in total. The van der Waals surface area contributed by atoms with Crippen LogP contribution in [0.25, 0.3) is 0 Å². The number of unbranched alkanes of at least 4 members (excludes halogenated alkanes) is 7. The van der Waals surface area contributed by atoms with Crippen molar-refractivity contribution in [3.05, 3.63) is 34.9 Å². The molecule has 0 aromatic carbocycles. The van der Waals surface area contributed by atoms with E-state index in [1.807, 2.05) is 6.92 Å². The van der Waals surface area contributed by atoms with E-state index in [0.29, 0.717) is 25.2 Å². The smallest absolute Gasteiger partial charge is 0.462 e. The molecule has 3 heterocycles. The number of Topliss-reactive ketones (excluding diaryl/α,β-unsaturated/α-hetero) is 1. The van der Waals surface area contributed by atoms with E-state index in [1.54, 1.807) is 0 Å². The van der Waals surface area contributed by atoms with Gasteiger partial charge >= 0.3 is 33.3 Å². The van der Waals surface area contributed by atoms with Crippen LogP contribution in [0.5, 0.6) is 0 Å². The van der Waals surface area contributed by atoms with Gasteiger partial charge in [0, 0.05) is 50.1 Å². The lowest BCUT2D eigenvalue weighted by Crippen LogP contribution is -2.52. The first-order valence-electron chi connectivity index (χ1n) is 24.3. The summed E-state index contributed by atoms with van der Waals surface area (Å²) in [6.07, 6.45) is -1.44. The van der Waals surface area contributed by atoms with Crippen LogP contribution in [0.2, 0.25) is 0 Å². The maximum absolute atomic E-state index is 13.7. The van der Waals surface area contributed by atoms with Crippen molar-refractivity contribution in [2.45, 2.75) is 192 Å². The van der Waals surface area contributed by atoms with E-state index in [-0.39, 0.29) is 37.9 Å². The number of hydrogen-bond acceptors (Lipinski definition) is 19. The number of ketones is 1. The maximum atomic E-state index is 13.7. The van der Waals surface area contributed by atoms with Gasteiger partial charge in [-0.05, 0) is 37.7 Å². The lowest BCUT2D eigenvalue weighted by molar-refractivity contribution is -0.196. The third-order valence-corrected chi connectivity index (χ3v) is 14.9. The number of nitrogen functional groups attached to an aromatic ring is 1. The Hall–Kier alpha value is -2.95. The number of anilines is 1. The maximum Gasteiger partial charge on any atom is 0.481 e. The highest BCUT2D eigenvalue weighted by molar-refractivity contribution is 7.61. The number of carbonyl (C=O) groups is 3. The van der Waals surface area contributed by atoms with E-state index in [9.17, 15) is 63.6 Å². The highest BCUT2D eigenvalue weighted by Gasteiger charge is 2.45. The number of aliphatic hydroxyl groups excluding tert-OH is 5. The van der Waals surface area contributed by atoms with Crippen LogP contribution in [0.15, 0.2) is 29.2 Å². The van der Waals surface area contributed by atoms with E-state index in [0.717, 1.165) is 68.6 Å². The Morgan fingerprint density at radius 3 is 2.23 bits per heavy atom. The summed E-state index contributed by atoms with van der Waals surface area (Å²) in [6.45, 7) is 3.48. The van der Waals surface area contributed by atoms with Crippen molar-refractivity contribution in [3.8, 4) is 0 Å². The summed E-state index contributed by atoms with van der Waals surface area (Å²) in [5, 5.41) is 57.4. The zero-order chi connectivity index (χ0) is 51.1. The number of fused-ring (bicyclic) bond motifs is 3. The van der Waals surface area contributed by atoms with Gasteiger partial charge in [-0.2, -0.15) is 9.29 Å². The largest absolute Gasteiger partial charge is 0.481 e. The normalized spacial score (nSPS) is 31.9. The number of phosphoric acid groups is 2. The summed E-state index contributed by atoms with van der Waals surface area (Å²) in [5.41, 5.74) is 4.66. The molecular formula is C45H77N3O19P2. The molecule has 0 amide bonds. The molecule has 2 aliphatic rings. The van der Waals surface area contributed by atoms with Crippen molar-refractivity contribution in [3.63, 3.8) is 0 Å². The zero-order valence-electron chi connectivity index (χ0n) is 40.1. The van der Waals surface area contributed by atoms with Crippen LogP contribution in [-0.4, -0.2) is 125 Å². The van der Waals surface area contributed by atoms with Crippen LogP contribution >= 0.6 is 15.6 Å². The van der Waals surface area contributed by atoms with Crippen molar-refractivity contribution in [2.24, 2.45) is 17.8 Å². The first-order chi connectivity index (χ1) is 32.6. The number of nitrogens with zero attached hydrogens (tertiary/aromatic N) is 2. The van der Waals surface area contributed by atoms with Gasteiger partial charge in [0.25, 0.3) is 0 Å². The van der Waals surface area contributed by atoms with Gasteiger partial charge in [-0.3, -0.25) is 28.0 Å². The van der Waals surface area contributed by atoms with Gasteiger partial charge in [0.1, 0.15) is 36.6 Å². The lowest BCUT2D eigenvalue weighted by atomic mass is 9.82. The Morgan fingerprint density at radius 1 is 0.899 bits per heavy atom. The average molecular weight is 1030 g/mol. The van der Waals surface area contributed by atoms with Crippen LogP contribution in [0.3, 0.4) is 0 Å². The van der Waals surface area contributed by atoms with E-state index in [2.05, 4.69) is 23.1 Å². The van der Waals surface area contributed by atoms with Gasteiger partial charge in [-0.25, -0.2) is 13.9 Å². The van der Waals surface area contributed by atoms with Crippen molar-refractivity contribution in [1.82, 2.24) is 9.55 Å². The minimum absolute atomic E-state index is 0.0265. The number of cyclic esters (lactones) is 1. The SMILES string of the molecule is CCCCC[C@H](O)/C=C/[C@@H]1[C@H](O)[C@H](O)[C@H]2COP(=O)(O)OP(=O)(O)OC[C@H](OC(=O)CCCCCCCCC(C)CC)COC(=O)CCCCC(=O)C[C@H]([C@H](n3ccc(N)nc3=O)O2)[C@@H](O)C[C@H]1O. The average Bonchev–Trinajstić information content (AvgIpc) is 3.28. The molecule has 3 unspecified atom stereocenters. The fourth-order valence-corrected chi connectivity index (χ4v) is 10.2. The molecule has 0 radical (unpaired) electrons. The molecule has 0 saturated carbocycles. The predicted octanol–water partition coefficient (Wildman–Crippen LogP) is 4.69. The second kappa shape index (κ2) is 30.8. The van der Waals surface area contributed by atoms with Crippen LogP contribution in [0.4, 0.5) is 5.82 Å². The van der Waals surface area contributed by atoms with Gasteiger partial charge < -0.3 is 55.3 Å². The van der Waals surface area contributed by atoms with E-state index in [4.69, 9.17) is 29.0 Å². The monoisotopic (exact) mass is 1030 g/mol. The minimum Gasteiger partial charge on any atom is -0.462 e. The van der Waals surface area contributed by atoms with Crippen LogP contribution < -0.4 is 11.4 Å². The van der Waals surface area contributed by atoms with E-state index >= 15 is 0 Å². The number of hydrogen-bond donors (Lipinski definition) is 8. The molecule has 69 heavy (non-hydrogen) atoms. The summed E-state index contributed by atoms with van der Waals surface area (Å²) in [4.78, 5) is 77.7.